The zero-order valence-corrected chi connectivity index (χ0v) is 11.6. The summed E-state index contributed by atoms with van der Waals surface area (Å²) in [5.74, 6) is 0.499. The van der Waals surface area contributed by atoms with Crippen molar-refractivity contribution in [1.82, 2.24) is 0 Å². The Morgan fingerprint density at radius 2 is 1.65 bits per heavy atom. The summed E-state index contributed by atoms with van der Waals surface area (Å²) >= 11 is 0. The second kappa shape index (κ2) is 6.80. The lowest BCUT2D eigenvalue weighted by molar-refractivity contribution is 0.302. The van der Waals surface area contributed by atoms with E-state index in [1.165, 1.54) is 24.8 Å². The maximum atomic E-state index is 6.61. The lowest BCUT2D eigenvalue weighted by atomic mass is 9.74. The molecule has 0 saturated heterocycles. The maximum Gasteiger partial charge on any atom is 0.0218 e. The number of nitrogens with two attached hydrogens (primary N) is 1. The smallest absolute Gasteiger partial charge is 0.0218 e. The summed E-state index contributed by atoms with van der Waals surface area (Å²) in [6.07, 6.45) is 5.81. The third-order valence-corrected chi connectivity index (χ3v) is 4.06. The number of rotatable bonds is 7. The highest BCUT2D eigenvalue weighted by Crippen LogP contribution is 2.35. The van der Waals surface area contributed by atoms with Crippen LogP contribution >= 0.6 is 0 Å². The monoisotopic (exact) mass is 233 g/mol. The van der Waals surface area contributed by atoms with Crippen molar-refractivity contribution >= 4 is 0 Å². The van der Waals surface area contributed by atoms with E-state index in [-0.39, 0.29) is 5.54 Å². The van der Waals surface area contributed by atoms with Gasteiger partial charge in [0.1, 0.15) is 0 Å². The van der Waals surface area contributed by atoms with E-state index in [1.807, 2.05) is 0 Å². The average molecular weight is 233 g/mol. The van der Waals surface area contributed by atoms with Crippen molar-refractivity contribution in [3.05, 3.63) is 35.9 Å². The standard InChI is InChI=1S/C16H27N/c1-4-7-13-15(16(17,5-2)6-3)14-11-9-8-10-12-14/h8-12,15H,4-7,13,17H2,1-3H3. The number of hydrogen-bond acceptors (Lipinski definition) is 1. The molecule has 0 aliphatic carbocycles. The number of benzene rings is 1. The van der Waals surface area contributed by atoms with Crippen LogP contribution in [0.3, 0.4) is 0 Å². The maximum absolute atomic E-state index is 6.61. The van der Waals surface area contributed by atoms with Crippen molar-refractivity contribution in [2.45, 2.75) is 64.3 Å². The molecule has 2 N–H and O–H groups in total. The van der Waals surface area contributed by atoms with Gasteiger partial charge in [0.2, 0.25) is 0 Å². The van der Waals surface area contributed by atoms with E-state index >= 15 is 0 Å². The highest BCUT2D eigenvalue weighted by molar-refractivity contribution is 5.23. The number of unbranched alkanes of at least 4 members (excludes halogenated alkanes) is 1. The Hall–Kier alpha value is -0.820. The lowest BCUT2D eigenvalue weighted by Gasteiger charge is -2.36. The van der Waals surface area contributed by atoms with Crippen molar-refractivity contribution in [1.29, 1.82) is 0 Å². The highest BCUT2D eigenvalue weighted by atomic mass is 14.8. The molecular formula is C16H27N. The fraction of sp³-hybridized carbons (Fsp3) is 0.625. The summed E-state index contributed by atoms with van der Waals surface area (Å²) in [4.78, 5) is 0. The van der Waals surface area contributed by atoms with Gasteiger partial charge in [0, 0.05) is 11.5 Å². The van der Waals surface area contributed by atoms with Crippen LogP contribution in [0.5, 0.6) is 0 Å². The number of hydrogen-bond donors (Lipinski definition) is 1. The van der Waals surface area contributed by atoms with Gasteiger partial charge in [-0.25, -0.2) is 0 Å². The van der Waals surface area contributed by atoms with E-state index in [0.717, 1.165) is 12.8 Å². The molecule has 0 aliphatic rings. The first kappa shape index (κ1) is 14.2. The summed E-state index contributed by atoms with van der Waals surface area (Å²) in [5.41, 5.74) is 7.98. The van der Waals surface area contributed by atoms with E-state index in [1.54, 1.807) is 0 Å². The predicted octanol–water partition coefficient (Wildman–Crippen LogP) is 4.48. The van der Waals surface area contributed by atoms with Crippen molar-refractivity contribution in [3.63, 3.8) is 0 Å². The molecule has 1 rings (SSSR count). The van der Waals surface area contributed by atoms with Crippen molar-refractivity contribution < 1.29 is 0 Å². The third-order valence-electron chi connectivity index (χ3n) is 4.06. The zero-order chi connectivity index (χ0) is 12.7. The van der Waals surface area contributed by atoms with Gasteiger partial charge in [-0.1, -0.05) is 63.9 Å². The fourth-order valence-electron chi connectivity index (χ4n) is 2.62. The summed E-state index contributed by atoms with van der Waals surface area (Å²) in [5, 5.41) is 0. The van der Waals surface area contributed by atoms with Crippen LogP contribution in [-0.2, 0) is 0 Å². The van der Waals surface area contributed by atoms with E-state index in [0.29, 0.717) is 5.92 Å². The molecule has 1 unspecified atom stereocenters. The van der Waals surface area contributed by atoms with Gasteiger partial charge in [-0.2, -0.15) is 0 Å². The van der Waals surface area contributed by atoms with Gasteiger partial charge in [0.05, 0.1) is 0 Å². The van der Waals surface area contributed by atoms with Crippen LogP contribution in [0.25, 0.3) is 0 Å². The minimum atomic E-state index is -0.0451. The molecule has 0 aromatic heterocycles. The van der Waals surface area contributed by atoms with Gasteiger partial charge >= 0.3 is 0 Å². The molecule has 1 atom stereocenters. The molecule has 0 aliphatic heterocycles. The molecule has 0 bridgehead atoms. The lowest BCUT2D eigenvalue weighted by Crippen LogP contribution is -2.44. The van der Waals surface area contributed by atoms with Gasteiger partial charge in [-0.15, -0.1) is 0 Å². The zero-order valence-electron chi connectivity index (χ0n) is 11.6. The molecular weight excluding hydrogens is 206 g/mol. The first-order valence-electron chi connectivity index (χ1n) is 7.01. The van der Waals surface area contributed by atoms with Gasteiger partial charge in [-0.3, -0.25) is 0 Å². The molecule has 1 nitrogen and oxygen atoms in total. The Kier molecular flexibility index (Phi) is 5.70. The highest BCUT2D eigenvalue weighted by Gasteiger charge is 2.31. The quantitative estimate of drug-likeness (QED) is 0.738. The Morgan fingerprint density at radius 1 is 1.06 bits per heavy atom. The minimum Gasteiger partial charge on any atom is -0.325 e. The molecule has 0 radical (unpaired) electrons. The Bertz CT molecular complexity index is 301. The SMILES string of the molecule is CCCCC(c1ccccc1)C(N)(CC)CC. The van der Waals surface area contributed by atoms with Crippen molar-refractivity contribution in [2.24, 2.45) is 5.73 Å². The molecule has 1 heteroatoms. The van der Waals surface area contributed by atoms with Crippen LogP contribution in [0.15, 0.2) is 30.3 Å². The topological polar surface area (TPSA) is 26.0 Å². The molecule has 0 saturated carbocycles. The van der Waals surface area contributed by atoms with Crippen LogP contribution in [0, 0.1) is 0 Å². The van der Waals surface area contributed by atoms with Crippen LogP contribution in [-0.4, -0.2) is 5.54 Å². The van der Waals surface area contributed by atoms with Crippen LogP contribution < -0.4 is 5.73 Å². The first-order chi connectivity index (χ1) is 8.18. The fourth-order valence-corrected chi connectivity index (χ4v) is 2.62. The van der Waals surface area contributed by atoms with E-state index in [2.05, 4.69) is 51.1 Å². The minimum absolute atomic E-state index is 0.0451. The molecule has 96 valence electrons. The predicted molar refractivity (Wildman–Crippen MR) is 76.2 cm³/mol. The van der Waals surface area contributed by atoms with Crippen LogP contribution in [0.1, 0.15) is 64.4 Å². The van der Waals surface area contributed by atoms with E-state index < -0.39 is 0 Å². The molecule has 0 heterocycles. The van der Waals surface area contributed by atoms with Gasteiger partial charge in [0.15, 0.2) is 0 Å². The van der Waals surface area contributed by atoms with Gasteiger partial charge in [0.25, 0.3) is 0 Å². The molecule has 17 heavy (non-hydrogen) atoms. The molecule has 1 aromatic carbocycles. The molecule has 0 fully saturated rings. The molecule has 0 spiro atoms. The Balaban J connectivity index is 2.95. The Morgan fingerprint density at radius 3 is 2.12 bits per heavy atom. The van der Waals surface area contributed by atoms with E-state index in [9.17, 15) is 0 Å². The third kappa shape index (κ3) is 3.57. The van der Waals surface area contributed by atoms with Crippen molar-refractivity contribution in [2.75, 3.05) is 0 Å². The average Bonchev–Trinajstić information content (AvgIpc) is 2.40. The van der Waals surface area contributed by atoms with Crippen LogP contribution in [0.4, 0.5) is 0 Å². The largest absolute Gasteiger partial charge is 0.325 e. The molecule has 0 amide bonds. The summed E-state index contributed by atoms with van der Waals surface area (Å²) < 4.78 is 0. The van der Waals surface area contributed by atoms with Crippen LogP contribution in [0.2, 0.25) is 0 Å². The normalized spacial score (nSPS) is 13.6. The van der Waals surface area contributed by atoms with E-state index in [4.69, 9.17) is 5.73 Å². The van der Waals surface area contributed by atoms with Gasteiger partial charge in [-0.05, 0) is 24.8 Å². The second-order valence-corrected chi connectivity index (χ2v) is 5.05. The summed E-state index contributed by atoms with van der Waals surface area (Å²) in [6.45, 7) is 6.68. The second-order valence-electron chi connectivity index (χ2n) is 5.05. The summed E-state index contributed by atoms with van der Waals surface area (Å²) in [7, 11) is 0. The van der Waals surface area contributed by atoms with Crippen molar-refractivity contribution in [3.8, 4) is 0 Å². The first-order valence-corrected chi connectivity index (χ1v) is 7.01. The molecule has 1 aromatic rings. The van der Waals surface area contributed by atoms with Gasteiger partial charge < -0.3 is 5.73 Å². The Labute approximate surface area is 106 Å². The summed E-state index contributed by atoms with van der Waals surface area (Å²) in [6, 6.07) is 10.8.